The zero-order valence-corrected chi connectivity index (χ0v) is 92.6. The van der Waals surface area contributed by atoms with E-state index in [2.05, 4.69) is 57.1 Å². The van der Waals surface area contributed by atoms with Gasteiger partial charge in [0.15, 0.2) is 0 Å². The zero-order chi connectivity index (χ0) is 119. The Morgan fingerprint density at radius 1 is 0.503 bits per heavy atom. The number of halogens is 10. The minimum absolute atomic E-state index is 0.00569. The monoisotopic (exact) mass is 2270 g/mol. The van der Waals surface area contributed by atoms with E-state index < -0.39 is 113 Å². The van der Waals surface area contributed by atoms with Crippen LogP contribution in [0.1, 0.15) is 68.7 Å². The predicted octanol–water partition coefficient (Wildman–Crippen LogP) is -6.20. The minimum Gasteiger partial charge on any atom is -0.772 e. The van der Waals surface area contributed by atoms with E-state index in [1.807, 2.05) is 57.3 Å². The summed E-state index contributed by atoms with van der Waals surface area (Å²) in [7, 11) is 12.2. The lowest BCUT2D eigenvalue weighted by Gasteiger charge is -2.21. The molecule has 0 aromatic rings. The van der Waals surface area contributed by atoms with E-state index in [0.717, 1.165) is 97.3 Å². The summed E-state index contributed by atoms with van der Waals surface area (Å²) in [5.74, 6) is 0.0293. The number of methoxy groups -OCH3 is 2. The van der Waals surface area contributed by atoms with Crippen molar-refractivity contribution in [2.75, 3.05) is 292 Å². The van der Waals surface area contributed by atoms with E-state index in [-0.39, 0.29) is 87.0 Å². The molecule has 69 heteroatoms. The Labute approximate surface area is 855 Å². The van der Waals surface area contributed by atoms with Crippen molar-refractivity contribution < 1.29 is 187 Å². The van der Waals surface area contributed by atoms with Crippen LogP contribution in [0.2, 0.25) is 0 Å². The predicted molar refractivity (Wildman–Crippen MR) is 531 cm³/mol. The molecule has 0 rings (SSSR count). The maximum atomic E-state index is 11.3. The van der Waals surface area contributed by atoms with Crippen LogP contribution in [-0.2, 0) is 153 Å². The van der Waals surface area contributed by atoms with Crippen LogP contribution in [-0.4, -0.2) is 527 Å². The molecule has 0 heterocycles. The Bertz CT molecular complexity index is 3370. The van der Waals surface area contributed by atoms with Crippen LogP contribution in [0.4, 0.5) is 43.9 Å². The highest BCUT2D eigenvalue weighted by atomic mass is 32.2. The van der Waals surface area contributed by atoms with E-state index in [0.29, 0.717) is 115 Å². The number of carbonyl (C=O) groups is 16. The molecule has 0 spiro atoms. The maximum absolute atomic E-state index is 11.3. The lowest BCUT2D eigenvalue weighted by atomic mass is 10.1. The number of nitrogens with zero attached hydrogens (tertiary/aromatic N) is 9. The van der Waals surface area contributed by atoms with Gasteiger partial charge in [0.2, 0.25) is 112 Å². The average Bonchev–Trinajstić information content (AvgIpc) is 0.971. The number of rotatable bonds is 55. The molecule has 0 aromatic heterocycles. The number of aliphatic hydroxyl groups excluding tert-OH is 2. The van der Waals surface area contributed by atoms with Crippen LogP contribution < -0.4 is 63.0 Å². The number of hydrogen-bond donors (Lipinski definition) is 15. The number of nitrogens with one attached hydrogen (secondary N) is 12. The number of hydrogen-bond acceptors (Lipinski definition) is 36. The van der Waals surface area contributed by atoms with E-state index in [1.165, 1.54) is 28.3 Å². The van der Waals surface area contributed by atoms with Crippen molar-refractivity contribution in [1.82, 2.24) is 102 Å². The number of amides is 16. The second kappa shape index (κ2) is 134. The van der Waals surface area contributed by atoms with Crippen LogP contribution in [0.25, 0.3) is 0 Å². The quantitative estimate of drug-likeness (QED) is 0.00886. The van der Waals surface area contributed by atoms with Crippen LogP contribution in [0.3, 0.4) is 0 Å². The van der Waals surface area contributed by atoms with Gasteiger partial charge < -0.3 is 135 Å². The lowest BCUT2D eigenvalue weighted by Crippen LogP contribution is -2.41. The fraction of sp³-hybridized carbons (Fsp3) is 0.789. The van der Waals surface area contributed by atoms with Crippen LogP contribution in [0.15, 0.2) is 0 Å². The molecule has 16 N–H and O–H groups in total. The molecule has 0 bridgehead atoms. The molecular formula is C76H167F10N22O31S6-3. The molecule has 0 saturated heterocycles. The maximum Gasteiger partial charge on any atom is 0.405 e. The van der Waals surface area contributed by atoms with E-state index in [1.54, 1.807) is 118 Å². The van der Waals surface area contributed by atoms with Crippen molar-refractivity contribution in [1.29, 1.82) is 4.78 Å². The Balaban J connectivity index is -0.0000000682. The van der Waals surface area contributed by atoms with Gasteiger partial charge in [-0.1, -0.05) is 24.9 Å². The Kier molecular flexibility index (Phi) is 167. The van der Waals surface area contributed by atoms with Crippen LogP contribution in [0.5, 0.6) is 0 Å². The molecular weight excluding hydrogens is 2100 g/mol. The van der Waals surface area contributed by atoms with Crippen LogP contribution in [0, 0.1) is 4.78 Å². The topological polar surface area (TPSA) is 743 Å². The zero-order valence-electron chi connectivity index (χ0n) is 87.7. The molecule has 2 atom stereocenters. The summed E-state index contributed by atoms with van der Waals surface area (Å²) in [5.41, 5.74) is -0.811. The molecule has 876 valence electrons. The summed E-state index contributed by atoms with van der Waals surface area (Å²) in [6.45, 7) is 22.5. The number of aliphatic hydroxyl groups is 2. The number of sulfonamides is 1. The Morgan fingerprint density at radius 2 is 0.848 bits per heavy atom. The van der Waals surface area contributed by atoms with Gasteiger partial charge in [-0.05, 0) is 83.2 Å². The summed E-state index contributed by atoms with van der Waals surface area (Å²) < 4.78 is 237. The van der Waals surface area contributed by atoms with Gasteiger partial charge in [-0.3, -0.25) is 89.5 Å². The van der Waals surface area contributed by atoms with Gasteiger partial charge in [0.1, 0.15) is 39.4 Å². The second-order valence-corrected chi connectivity index (χ2v) is 38.2. The average molecular weight is 2270 g/mol. The first-order valence-corrected chi connectivity index (χ1v) is 51.2. The SMILES string of the molecule is CC(=O)N(C)CCN(C)C=O.CC(C)(C)NS(=O)[O-].CC(C)(CO)NC=O.CC(C)S(=O)[O-].CCN(C=O)CCOC.CN(C)CCN(C)C=O.CN(C)CCNC=O.CN(C=O)CC(F)(F)F.CN(C=O)CCO.CNCCN(C)C=O.COCCNC=O.CS(=O)(=O)CCNC=O.CS(=O)(=O)CCNC=O.CS(N)(=O)=O.C[S-](=N)=O.O=CNCC(F)(F)F.O=CNCC(F)F.O=CNCCCF.O=CNCCF. The van der Waals surface area contributed by atoms with Crippen molar-refractivity contribution in [2.45, 2.75) is 104 Å². The van der Waals surface area contributed by atoms with Gasteiger partial charge in [-0.15, -0.1) is 6.26 Å². The van der Waals surface area contributed by atoms with E-state index >= 15 is 0 Å². The van der Waals surface area contributed by atoms with Gasteiger partial charge >= 0.3 is 12.4 Å². The highest BCUT2D eigenvalue weighted by Gasteiger charge is 2.29. The fourth-order valence-electron chi connectivity index (χ4n) is 4.56. The summed E-state index contributed by atoms with van der Waals surface area (Å²) in [4.78, 5) is 169. The van der Waals surface area contributed by atoms with Crippen molar-refractivity contribution in [3.63, 3.8) is 0 Å². The van der Waals surface area contributed by atoms with Gasteiger partial charge in [0, 0.05) is 203 Å². The molecule has 16 amide bonds. The Hall–Kier alpha value is -9.52. The minimum atomic E-state index is -4.29. The fourth-order valence-corrected chi connectivity index (χ4v) is 6.04. The number of carbonyl (C=O) groups excluding carboxylic acids is 16. The van der Waals surface area contributed by atoms with E-state index in [4.69, 9.17) is 19.7 Å². The molecule has 145 heavy (non-hydrogen) atoms. The van der Waals surface area contributed by atoms with Crippen LogP contribution >= 0.6 is 0 Å². The van der Waals surface area contributed by atoms with Crippen molar-refractivity contribution in [3.05, 3.63) is 0 Å². The Morgan fingerprint density at radius 3 is 1.06 bits per heavy atom. The molecule has 0 aliphatic heterocycles. The van der Waals surface area contributed by atoms with Crippen molar-refractivity contribution >= 4 is 165 Å². The van der Waals surface area contributed by atoms with E-state index in [9.17, 15) is 168 Å². The van der Waals surface area contributed by atoms with Crippen molar-refractivity contribution in [2.24, 2.45) is 5.14 Å². The molecule has 0 fully saturated rings. The normalized spacial score (nSPS) is 10.2. The third-order valence-electron chi connectivity index (χ3n) is 11.8. The molecule has 53 nitrogen and oxygen atoms in total. The number of ether oxygens (including phenoxy) is 2. The molecule has 0 aliphatic rings. The number of alkyl halides is 10. The smallest absolute Gasteiger partial charge is 0.405 e. The molecule has 0 radical (unpaired) electrons. The summed E-state index contributed by atoms with van der Waals surface area (Å²) in [6.07, 6.45) is 2.12. The number of likely N-dealkylation sites (N-methyl/N-ethyl adjacent to an activating group) is 9. The van der Waals surface area contributed by atoms with Crippen molar-refractivity contribution in [3.8, 4) is 0 Å². The first kappa shape index (κ1) is 181. The summed E-state index contributed by atoms with van der Waals surface area (Å²) in [6, 6.07) is 0. The lowest BCUT2D eigenvalue weighted by molar-refractivity contribution is -0.151. The molecule has 0 saturated carbocycles. The van der Waals surface area contributed by atoms with Gasteiger partial charge in [0.25, 0.3) is 6.43 Å². The highest BCUT2D eigenvalue weighted by Crippen LogP contribution is 2.14. The summed E-state index contributed by atoms with van der Waals surface area (Å²) in [5, 5.41) is 43.4. The van der Waals surface area contributed by atoms with Gasteiger partial charge in [0.05, 0.1) is 62.9 Å². The molecule has 2 unspecified atom stereocenters. The van der Waals surface area contributed by atoms with Gasteiger partial charge in [-0.25, -0.2) is 48.3 Å². The highest BCUT2D eigenvalue weighted by molar-refractivity contribution is 7.91. The first-order valence-electron chi connectivity index (χ1n) is 41.3. The summed E-state index contributed by atoms with van der Waals surface area (Å²) >= 11 is -4.00. The first-order chi connectivity index (χ1) is 66.5. The molecule has 0 aliphatic carbocycles. The standard InChI is InChI=1S/C7H14N2O2.C6H14N2O.C6H13NO2.2C5H12N2O.C5H11NO2.C4H6F3NO.C4H8FNO.2C4H9NO3S.C4H11NO2S.2C4H9NO2.C3H4F3NO.C3H5F2NO.C3H6FNO.C3H8O2S.CH5NO2S.CH4NOS/c1-7(11)9(3)5-4-8(2)6-10;1-7(2)4-5-8(3)6-9;1-3-7(6-8)4-5-9-2;1-7(2)4-3-6-5-8;1-6-3-4-7(2)5-8;1-5(2,3-7)6-4-8;1-8(3-9)2-4(5,6)7;5-2-1-3-6-4-7;2*1-9(7,8)3-2-5-4-6;1-4(2,3)5-8(6)7;1-7-3-2-5-4-6;1-5(4-7)2-3-6;4-3(5,6)1-7-2-8;4-3(5)1-6-2-7;4-1-2-5-3-6;1-3(2)6(4)5;1-5(2,3)4;1-4(2)3/h6H,4-5H2,1-3H3;6H,4-5H2,1-3H3;6H,3-5H2,1-2H3;5H,3-4H2,1-2H3,(H,6,8);5-6H,3-4H2,1-2H3;4,7H,3H2,1-2H3,(H,6,8);3H,2H2,1H3;4H,1-3H2,(H,6,7);2*4H,2-3H2,1H3,(H,5,6);5H,1-3H3,(H,6,7);4H,2-3H2,1H3,(H,5,6);4,6H,2-3H2,1H3;2H,1H2,(H,7,8);2-3H,1H2,(H,6,7);3H,1-2H2,(H,5,6);3H,1-2H3,(H,4,5);1H3,(H2,2,3,4);2H,1H3/q;;;;;;;;;;;;;;;;;;-1/p-2. The molecule has 0 aromatic carbocycles. The number of nitrogens with two attached hydrogens (primary N) is 1. The largest absolute Gasteiger partial charge is 0.772 e. The number of sulfone groups is 2. The third kappa shape index (κ3) is 308. The second-order valence-electron chi connectivity index (χ2n) is 29.0. The third-order valence-corrected chi connectivity index (χ3v) is 15.2. The van der Waals surface area contributed by atoms with Gasteiger partial charge in [-0.2, -0.15) is 36.9 Å². The number of primary sulfonamides is 1.